The third-order valence-electron chi connectivity index (χ3n) is 3.33. The number of carbonyl (C=O) groups is 2. The van der Waals surface area contributed by atoms with Gasteiger partial charge in [-0.25, -0.2) is 0 Å². The van der Waals surface area contributed by atoms with E-state index in [9.17, 15) is 29.8 Å². The van der Waals surface area contributed by atoms with Crippen molar-refractivity contribution in [2.24, 2.45) is 0 Å². The first-order valence-corrected chi connectivity index (χ1v) is 7.44. The SMILES string of the molecule is O=C(NCCNC(=O)c1cccc([N+](=O)[O-])c1)c1cccc([N+](=O)[O-])c1. The van der Waals surface area contributed by atoms with Crippen molar-refractivity contribution < 1.29 is 19.4 Å². The minimum absolute atomic E-state index is 0.0855. The van der Waals surface area contributed by atoms with E-state index >= 15 is 0 Å². The lowest BCUT2D eigenvalue weighted by molar-refractivity contribution is -0.385. The van der Waals surface area contributed by atoms with Crippen LogP contribution in [0.5, 0.6) is 0 Å². The molecule has 2 aromatic carbocycles. The van der Waals surface area contributed by atoms with Crippen molar-refractivity contribution in [2.45, 2.75) is 0 Å². The molecule has 0 aliphatic heterocycles. The maximum atomic E-state index is 11.9. The van der Waals surface area contributed by atoms with E-state index in [2.05, 4.69) is 10.6 Å². The number of nitrogens with zero attached hydrogens (tertiary/aromatic N) is 2. The number of nitrogens with one attached hydrogen (secondary N) is 2. The Morgan fingerprint density at radius 2 is 1.15 bits per heavy atom. The number of hydrogen-bond acceptors (Lipinski definition) is 6. The Morgan fingerprint density at radius 1 is 0.769 bits per heavy atom. The molecule has 2 rings (SSSR count). The normalized spacial score (nSPS) is 10.0. The van der Waals surface area contributed by atoms with Crippen LogP contribution >= 0.6 is 0 Å². The van der Waals surface area contributed by atoms with Gasteiger partial charge in [-0.3, -0.25) is 29.8 Å². The number of rotatable bonds is 7. The number of carbonyl (C=O) groups excluding carboxylic acids is 2. The lowest BCUT2D eigenvalue weighted by Crippen LogP contribution is -2.34. The molecule has 2 amide bonds. The number of hydrogen-bond donors (Lipinski definition) is 2. The van der Waals surface area contributed by atoms with Crippen molar-refractivity contribution in [1.82, 2.24) is 10.6 Å². The van der Waals surface area contributed by atoms with Gasteiger partial charge in [-0.2, -0.15) is 0 Å². The highest BCUT2D eigenvalue weighted by molar-refractivity contribution is 5.95. The first kappa shape index (κ1) is 18.5. The van der Waals surface area contributed by atoms with Gasteiger partial charge in [0.25, 0.3) is 23.2 Å². The number of amides is 2. The predicted octanol–water partition coefficient (Wildman–Crippen LogP) is 1.66. The van der Waals surface area contributed by atoms with Crippen molar-refractivity contribution in [1.29, 1.82) is 0 Å². The standard InChI is InChI=1S/C16H14N4O6/c21-15(11-3-1-5-13(9-11)19(23)24)17-7-8-18-16(22)12-4-2-6-14(10-12)20(25)26/h1-6,9-10H,7-8H2,(H,17,21)(H,18,22). The molecule has 0 fully saturated rings. The smallest absolute Gasteiger partial charge is 0.270 e. The van der Waals surface area contributed by atoms with Crippen LogP contribution in [-0.2, 0) is 0 Å². The van der Waals surface area contributed by atoms with E-state index in [0.717, 1.165) is 12.1 Å². The van der Waals surface area contributed by atoms with Gasteiger partial charge in [-0.15, -0.1) is 0 Å². The fraction of sp³-hybridized carbons (Fsp3) is 0.125. The highest BCUT2D eigenvalue weighted by Crippen LogP contribution is 2.13. The predicted molar refractivity (Wildman–Crippen MR) is 90.9 cm³/mol. The summed E-state index contributed by atoms with van der Waals surface area (Å²) in [5.41, 5.74) is -0.137. The van der Waals surface area contributed by atoms with Crippen molar-refractivity contribution >= 4 is 23.2 Å². The van der Waals surface area contributed by atoms with Crippen LogP contribution in [0, 0.1) is 20.2 Å². The summed E-state index contributed by atoms with van der Waals surface area (Å²) in [6.07, 6.45) is 0. The molecule has 0 atom stereocenters. The second-order valence-electron chi connectivity index (χ2n) is 5.13. The molecule has 0 radical (unpaired) electrons. The highest BCUT2D eigenvalue weighted by Gasteiger charge is 2.12. The summed E-state index contributed by atoms with van der Waals surface area (Å²) in [5, 5.41) is 26.4. The molecule has 2 aromatic rings. The summed E-state index contributed by atoms with van der Waals surface area (Å²) >= 11 is 0. The maximum Gasteiger partial charge on any atom is 0.270 e. The Balaban J connectivity index is 1.84. The fourth-order valence-electron chi connectivity index (χ4n) is 2.08. The zero-order chi connectivity index (χ0) is 19.1. The fourth-order valence-corrected chi connectivity index (χ4v) is 2.08. The van der Waals surface area contributed by atoms with Gasteiger partial charge in [-0.05, 0) is 12.1 Å². The van der Waals surface area contributed by atoms with Crippen molar-refractivity contribution in [3.63, 3.8) is 0 Å². The number of nitro benzene ring substituents is 2. The van der Waals surface area contributed by atoms with Gasteiger partial charge < -0.3 is 10.6 Å². The van der Waals surface area contributed by atoms with Crippen LogP contribution in [0.4, 0.5) is 11.4 Å². The van der Waals surface area contributed by atoms with E-state index in [1.807, 2.05) is 0 Å². The van der Waals surface area contributed by atoms with Gasteiger partial charge in [0.1, 0.15) is 0 Å². The minimum atomic E-state index is -0.601. The van der Waals surface area contributed by atoms with E-state index in [1.54, 1.807) is 0 Å². The van der Waals surface area contributed by atoms with Gasteiger partial charge in [-0.1, -0.05) is 12.1 Å². The maximum absolute atomic E-state index is 11.9. The van der Waals surface area contributed by atoms with Gasteiger partial charge in [0.15, 0.2) is 0 Å². The van der Waals surface area contributed by atoms with Crippen LogP contribution in [-0.4, -0.2) is 34.8 Å². The molecule has 0 unspecified atom stereocenters. The molecule has 2 N–H and O–H groups in total. The Labute approximate surface area is 147 Å². The second-order valence-corrected chi connectivity index (χ2v) is 5.13. The third kappa shape index (κ3) is 4.84. The summed E-state index contributed by atoms with van der Waals surface area (Å²) in [5.74, 6) is -1.03. The number of non-ortho nitro benzene ring substituents is 2. The summed E-state index contributed by atoms with van der Waals surface area (Å²) in [6, 6.07) is 10.5. The van der Waals surface area contributed by atoms with E-state index < -0.39 is 21.7 Å². The molecule has 0 heterocycles. The first-order chi connectivity index (χ1) is 12.4. The molecule has 10 heteroatoms. The molecule has 0 bridgehead atoms. The molecule has 26 heavy (non-hydrogen) atoms. The molecular weight excluding hydrogens is 344 g/mol. The van der Waals surface area contributed by atoms with Crippen molar-refractivity contribution in [2.75, 3.05) is 13.1 Å². The molecule has 0 aliphatic carbocycles. The summed E-state index contributed by atoms with van der Waals surface area (Å²) < 4.78 is 0. The van der Waals surface area contributed by atoms with E-state index in [4.69, 9.17) is 0 Å². The molecule has 0 aliphatic rings. The summed E-state index contributed by atoms with van der Waals surface area (Å²) in [4.78, 5) is 44.1. The molecule has 0 saturated heterocycles. The molecule has 0 aromatic heterocycles. The van der Waals surface area contributed by atoms with Crippen LogP contribution in [0.1, 0.15) is 20.7 Å². The summed E-state index contributed by atoms with van der Waals surface area (Å²) in [6.45, 7) is 0.171. The molecule has 0 spiro atoms. The van der Waals surface area contributed by atoms with E-state index in [1.165, 1.54) is 36.4 Å². The number of benzene rings is 2. The second kappa shape index (κ2) is 8.33. The average Bonchev–Trinajstić information content (AvgIpc) is 2.65. The van der Waals surface area contributed by atoms with Crippen LogP contribution in [0.2, 0.25) is 0 Å². The van der Waals surface area contributed by atoms with Gasteiger partial charge >= 0.3 is 0 Å². The minimum Gasteiger partial charge on any atom is -0.350 e. The lowest BCUT2D eigenvalue weighted by atomic mass is 10.2. The van der Waals surface area contributed by atoms with Crippen molar-refractivity contribution in [3.8, 4) is 0 Å². The molecule has 10 nitrogen and oxygen atoms in total. The Bertz CT molecular complexity index is 796. The topological polar surface area (TPSA) is 144 Å². The number of nitro groups is 2. The van der Waals surface area contributed by atoms with Gasteiger partial charge in [0.2, 0.25) is 0 Å². The zero-order valence-corrected chi connectivity index (χ0v) is 13.4. The molecule has 0 saturated carbocycles. The molecular formula is C16H14N4O6. The van der Waals surface area contributed by atoms with Crippen LogP contribution in [0.15, 0.2) is 48.5 Å². The first-order valence-electron chi connectivity index (χ1n) is 7.44. The van der Waals surface area contributed by atoms with Crippen LogP contribution in [0.25, 0.3) is 0 Å². The zero-order valence-electron chi connectivity index (χ0n) is 13.4. The van der Waals surface area contributed by atoms with Gasteiger partial charge in [0, 0.05) is 48.5 Å². The lowest BCUT2D eigenvalue weighted by Gasteiger charge is -2.07. The van der Waals surface area contributed by atoms with E-state index in [-0.39, 0.29) is 35.6 Å². The Hall–Kier alpha value is -3.82. The van der Waals surface area contributed by atoms with Crippen molar-refractivity contribution in [3.05, 3.63) is 79.9 Å². The Morgan fingerprint density at radius 3 is 1.50 bits per heavy atom. The average molecular weight is 358 g/mol. The van der Waals surface area contributed by atoms with Gasteiger partial charge in [0.05, 0.1) is 9.85 Å². The quantitative estimate of drug-likeness (QED) is 0.437. The summed E-state index contributed by atoms with van der Waals surface area (Å²) in [7, 11) is 0. The highest BCUT2D eigenvalue weighted by atomic mass is 16.6. The van der Waals surface area contributed by atoms with E-state index in [0.29, 0.717) is 0 Å². The Kier molecular flexibility index (Phi) is 5.93. The molecule has 134 valence electrons. The largest absolute Gasteiger partial charge is 0.350 e. The monoisotopic (exact) mass is 358 g/mol. The van der Waals surface area contributed by atoms with Crippen LogP contribution < -0.4 is 10.6 Å². The third-order valence-corrected chi connectivity index (χ3v) is 3.33. The van der Waals surface area contributed by atoms with Crippen LogP contribution in [0.3, 0.4) is 0 Å².